The minimum absolute atomic E-state index is 0.0663. The molecule has 0 spiro atoms. The Morgan fingerprint density at radius 2 is 2.12 bits per heavy atom. The van der Waals surface area contributed by atoms with Crippen LogP contribution in [0, 0.1) is 5.82 Å². The predicted octanol–water partition coefficient (Wildman–Crippen LogP) is 3.10. The number of hydrogen-bond donors (Lipinski definition) is 1. The van der Waals surface area contributed by atoms with Crippen LogP contribution in [0.4, 0.5) is 4.39 Å². The molecular weight excluding hydrogens is 339 g/mol. The molecule has 1 N–H and O–H groups in total. The molecular formula is C19H21FN2O2S. The molecule has 6 heteroatoms. The van der Waals surface area contributed by atoms with Crippen molar-refractivity contribution < 1.29 is 13.9 Å². The Bertz CT molecular complexity index is 724. The van der Waals surface area contributed by atoms with E-state index in [-0.39, 0.29) is 17.8 Å². The number of hydrogen-bond acceptors (Lipinski definition) is 4. The molecule has 0 saturated carbocycles. The summed E-state index contributed by atoms with van der Waals surface area (Å²) in [5, 5.41) is 3.29. The quantitative estimate of drug-likeness (QED) is 0.832. The van der Waals surface area contributed by atoms with Gasteiger partial charge in [0.05, 0.1) is 18.9 Å². The van der Waals surface area contributed by atoms with Crippen molar-refractivity contribution in [3.05, 3.63) is 59.9 Å². The van der Waals surface area contributed by atoms with Crippen LogP contribution in [0.2, 0.25) is 0 Å². The van der Waals surface area contributed by atoms with Gasteiger partial charge in [-0.2, -0.15) is 0 Å². The Morgan fingerprint density at radius 1 is 1.32 bits per heavy atom. The fourth-order valence-electron chi connectivity index (χ4n) is 2.91. The predicted molar refractivity (Wildman–Crippen MR) is 97.4 cm³/mol. The molecule has 25 heavy (non-hydrogen) atoms. The Kier molecular flexibility index (Phi) is 5.94. The van der Waals surface area contributed by atoms with Crippen molar-refractivity contribution in [1.82, 2.24) is 10.2 Å². The lowest BCUT2D eigenvalue weighted by Gasteiger charge is -2.36. The van der Waals surface area contributed by atoms with E-state index in [0.717, 1.165) is 22.8 Å². The maximum atomic E-state index is 13.5. The summed E-state index contributed by atoms with van der Waals surface area (Å²) in [6, 6.07) is 14.0. The van der Waals surface area contributed by atoms with Crippen molar-refractivity contribution >= 4 is 17.7 Å². The van der Waals surface area contributed by atoms with Gasteiger partial charge in [0.15, 0.2) is 0 Å². The first-order valence-electron chi connectivity index (χ1n) is 8.20. The summed E-state index contributed by atoms with van der Waals surface area (Å²) < 4.78 is 18.7. The Balaban J connectivity index is 1.66. The fraction of sp³-hybridized carbons (Fsp3) is 0.316. The second-order valence-corrected chi connectivity index (χ2v) is 6.88. The van der Waals surface area contributed by atoms with E-state index in [1.165, 1.54) is 23.9 Å². The Hall–Kier alpha value is -2.05. The SMILES string of the molecule is COc1ccc(SCC(=O)N2CCNCC2c2cccc(F)c2)cc1. The fourth-order valence-corrected chi connectivity index (χ4v) is 3.70. The van der Waals surface area contributed by atoms with Crippen LogP contribution in [0.1, 0.15) is 11.6 Å². The smallest absolute Gasteiger partial charge is 0.233 e. The summed E-state index contributed by atoms with van der Waals surface area (Å²) in [6.45, 7) is 2.02. The van der Waals surface area contributed by atoms with Crippen LogP contribution < -0.4 is 10.1 Å². The van der Waals surface area contributed by atoms with Gasteiger partial charge in [0, 0.05) is 24.5 Å². The topological polar surface area (TPSA) is 41.6 Å². The lowest BCUT2D eigenvalue weighted by molar-refractivity contribution is -0.131. The average molecular weight is 360 g/mol. The van der Waals surface area contributed by atoms with E-state index in [2.05, 4.69) is 5.32 Å². The number of nitrogens with zero attached hydrogens (tertiary/aromatic N) is 1. The minimum atomic E-state index is -0.275. The van der Waals surface area contributed by atoms with Gasteiger partial charge < -0.3 is 15.0 Å². The van der Waals surface area contributed by atoms with Crippen molar-refractivity contribution in [2.45, 2.75) is 10.9 Å². The molecule has 0 bridgehead atoms. The standard InChI is InChI=1S/C19H21FN2O2S/c1-24-16-5-7-17(8-6-16)25-13-19(23)22-10-9-21-12-18(22)14-3-2-4-15(20)11-14/h2-8,11,18,21H,9-10,12-13H2,1H3. The number of halogens is 1. The highest BCUT2D eigenvalue weighted by molar-refractivity contribution is 8.00. The minimum Gasteiger partial charge on any atom is -0.497 e. The zero-order valence-electron chi connectivity index (χ0n) is 14.1. The number of ether oxygens (including phenoxy) is 1. The van der Waals surface area contributed by atoms with Crippen molar-refractivity contribution in [1.29, 1.82) is 0 Å². The molecule has 3 rings (SSSR count). The molecule has 1 saturated heterocycles. The van der Waals surface area contributed by atoms with Crippen LogP contribution >= 0.6 is 11.8 Å². The highest BCUT2D eigenvalue weighted by atomic mass is 32.2. The molecule has 2 aromatic carbocycles. The van der Waals surface area contributed by atoms with E-state index in [1.54, 1.807) is 13.2 Å². The Morgan fingerprint density at radius 3 is 2.84 bits per heavy atom. The summed E-state index contributed by atoms with van der Waals surface area (Å²) in [6.07, 6.45) is 0. The second-order valence-electron chi connectivity index (χ2n) is 5.83. The number of thioether (sulfide) groups is 1. The number of carbonyl (C=O) groups is 1. The third kappa shape index (κ3) is 4.52. The molecule has 1 atom stereocenters. The normalized spacial score (nSPS) is 17.4. The van der Waals surface area contributed by atoms with E-state index < -0.39 is 0 Å². The van der Waals surface area contributed by atoms with Crippen molar-refractivity contribution in [2.75, 3.05) is 32.5 Å². The van der Waals surface area contributed by atoms with E-state index in [0.29, 0.717) is 18.8 Å². The van der Waals surface area contributed by atoms with Gasteiger partial charge in [-0.15, -0.1) is 11.8 Å². The number of benzene rings is 2. The molecule has 2 aromatic rings. The van der Waals surface area contributed by atoms with Crippen molar-refractivity contribution in [3.8, 4) is 5.75 Å². The summed E-state index contributed by atoms with van der Waals surface area (Å²) >= 11 is 1.50. The maximum absolute atomic E-state index is 13.5. The summed E-state index contributed by atoms with van der Waals surface area (Å²) in [5.41, 5.74) is 0.829. The van der Waals surface area contributed by atoms with Gasteiger partial charge in [0.1, 0.15) is 11.6 Å². The van der Waals surface area contributed by atoms with Crippen molar-refractivity contribution in [2.24, 2.45) is 0 Å². The largest absolute Gasteiger partial charge is 0.497 e. The Labute approximate surface area is 151 Å². The lowest BCUT2D eigenvalue weighted by Crippen LogP contribution is -2.49. The van der Waals surface area contributed by atoms with Gasteiger partial charge in [-0.25, -0.2) is 4.39 Å². The molecule has 1 unspecified atom stereocenters. The molecule has 1 amide bonds. The first-order valence-corrected chi connectivity index (χ1v) is 9.18. The van der Waals surface area contributed by atoms with Gasteiger partial charge in [-0.1, -0.05) is 12.1 Å². The number of rotatable bonds is 5. The third-order valence-electron chi connectivity index (χ3n) is 4.22. The van der Waals surface area contributed by atoms with E-state index in [9.17, 15) is 9.18 Å². The molecule has 1 fully saturated rings. The van der Waals surface area contributed by atoms with Crippen LogP contribution in [0.3, 0.4) is 0 Å². The van der Waals surface area contributed by atoms with Gasteiger partial charge >= 0.3 is 0 Å². The third-order valence-corrected chi connectivity index (χ3v) is 5.22. The van der Waals surface area contributed by atoms with Crippen LogP contribution in [0.15, 0.2) is 53.4 Å². The summed E-state index contributed by atoms with van der Waals surface area (Å²) in [7, 11) is 1.63. The number of methoxy groups -OCH3 is 1. The highest BCUT2D eigenvalue weighted by Crippen LogP contribution is 2.26. The molecule has 0 aliphatic carbocycles. The molecule has 0 radical (unpaired) electrons. The van der Waals surface area contributed by atoms with Crippen molar-refractivity contribution in [3.63, 3.8) is 0 Å². The number of piperazine rings is 1. The monoisotopic (exact) mass is 360 g/mol. The zero-order valence-corrected chi connectivity index (χ0v) is 14.9. The number of carbonyl (C=O) groups excluding carboxylic acids is 1. The van der Waals surface area contributed by atoms with E-state index in [1.807, 2.05) is 35.2 Å². The molecule has 132 valence electrons. The number of nitrogens with one attached hydrogen (secondary N) is 1. The molecule has 4 nitrogen and oxygen atoms in total. The molecule has 0 aromatic heterocycles. The van der Waals surface area contributed by atoms with Crippen LogP contribution in [0.25, 0.3) is 0 Å². The summed E-state index contributed by atoms with van der Waals surface area (Å²) in [4.78, 5) is 15.6. The first kappa shape index (κ1) is 17.8. The van der Waals surface area contributed by atoms with E-state index >= 15 is 0 Å². The lowest BCUT2D eigenvalue weighted by atomic mass is 10.0. The van der Waals surface area contributed by atoms with Gasteiger partial charge in [-0.05, 0) is 42.0 Å². The number of amides is 1. The molecule has 1 aliphatic heterocycles. The molecule has 1 heterocycles. The van der Waals surface area contributed by atoms with Crippen LogP contribution in [0.5, 0.6) is 5.75 Å². The summed E-state index contributed by atoms with van der Waals surface area (Å²) in [5.74, 6) is 0.946. The second kappa shape index (κ2) is 8.36. The first-order chi connectivity index (χ1) is 12.2. The van der Waals surface area contributed by atoms with Crippen LogP contribution in [-0.2, 0) is 4.79 Å². The van der Waals surface area contributed by atoms with Gasteiger partial charge in [-0.3, -0.25) is 4.79 Å². The highest BCUT2D eigenvalue weighted by Gasteiger charge is 2.27. The van der Waals surface area contributed by atoms with Gasteiger partial charge in [0.2, 0.25) is 5.91 Å². The van der Waals surface area contributed by atoms with E-state index in [4.69, 9.17) is 4.74 Å². The maximum Gasteiger partial charge on any atom is 0.233 e. The van der Waals surface area contributed by atoms with Crippen LogP contribution in [-0.4, -0.2) is 43.3 Å². The average Bonchev–Trinajstić information content (AvgIpc) is 2.66. The zero-order chi connectivity index (χ0) is 17.6. The van der Waals surface area contributed by atoms with Gasteiger partial charge in [0.25, 0.3) is 0 Å². The molecule has 1 aliphatic rings.